The molecular weight excluding hydrogens is 557 g/mol. The summed E-state index contributed by atoms with van der Waals surface area (Å²) in [6, 6.07) is 17.4. The van der Waals surface area contributed by atoms with Gasteiger partial charge in [0.25, 0.3) is 10.0 Å². The number of rotatable bonds is 11. The Morgan fingerprint density at radius 3 is 2.13 bits per heavy atom. The zero-order valence-electron chi connectivity index (χ0n) is 22.4. The van der Waals surface area contributed by atoms with Gasteiger partial charge in [0.15, 0.2) is 0 Å². The lowest BCUT2D eigenvalue weighted by atomic mass is 10.1. The average Bonchev–Trinajstić information content (AvgIpc) is 2.89. The molecule has 3 aromatic rings. The summed E-state index contributed by atoms with van der Waals surface area (Å²) in [7, 11) is -4.13. The van der Waals surface area contributed by atoms with E-state index in [1.807, 2.05) is 26.8 Å². The molecule has 0 saturated carbocycles. The first-order chi connectivity index (χ1) is 18.4. The van der Waals surface area contributed by atoms with E-state index in [1.54, 1.807) is 55.5 Å². The topological polar surface area (TPSA) is 86.8 Å². The van der Waals surface area contributed by atoms with E-state index in [0.717, 1.165) is 21.9 Å². The smallest absolute Gasteiger partial charge is 0.264 e. The summed E-state index contributed by atoms with van der Waals surface area (Å²) in [6.45, 7) is 7.05. The number of nitrogens with zero attached hydrogens (tertiary/aromatic N) is 2. The third kappa shape index (κ3) is 7.53. The van der Waals surface area contributed by atoms with Crippen LogP contribution < -0.4 is 9.62 Å². The SMILES string of the molecule is CCCNC(=O)[C@@H](C)N(Cc1c(Cl)cccc1Cl)C(=O)CN(c1cccc(C)c1)S(=O)(=O)c1ccc(C)cc1. The van der Waals surface area contributed by atoms with Gasteiger partial charge in [0.05, 0.1) is 10.6 Å². The highest BCUT2D eigenvalue weighted by atomic mass is 35.5. The number of carbonyl (C=O) groups excluding carboxylic acids is 2. The minimum atomic E-state index is -4.13. The largest absolute Gasteiger partial charge is 0.354 e. The molecule has 0 bridgehead atoms. The third-order valence-corrected chi connectivity index (χ3v) is 8.78. The first-order valence-corrected chi connectivity index (χ1v) is 14.8. The number of anilines is 1. The van der Waals surface area contributed by atoms with Gasteiger partial charge in [-0.3, -0.25) is 13.9 Å². The molecule has 1 N–H and O–H groups in total. The van der Waals surface area contributed by atoms with Crippen LogP contribution >= 0.6 is 23.2 Å². The number of carbonyl (C=O) groups is 2. The molecule has 0 unspecified atom stereocenters. The molecule has 1 atom stereocenters. The number of nitrogens with one attached hydrogen (secondary N) is 1. The van der Waals surface area contributed by atoms with Gasteiger partial charge in [-0.25, -0.2) is 8.42 Å². The predicted octanol–water partition coefficient (Wildman–Crippen LogP) is 5.75. The van der Waals surface area contributed by atoms with Crippen LogP contribution in [0.1, 0.15) is 37.0 Å². The molecular formula is C29H33Cl2N3O4S. The Bertz CT molecular complexity index is 1410. The van der Waals surface area contributed by atoms with E-state index in [0.29, 0.717) is 27.8 Å². The summed E-state index contributed by atoms with van der Waals surface area (Å²) in [6.07, 6.45) is 0.721. The summed E-state index contributed by atoms with van der Waals surface area (Å²) in [5.74, 6) is -0.945. The second-order valence-electron chi connectivity index (χ2n) is 9.35. The summed E-state index contributed by atoms with van der Waals surface area (Å²) < 4.78 is 28.8. The second-order valence-corrected chi connectivity index (χ2v) is 12.0. The van der Waals surface area contributed by atoms with Crippen molar-refractivity contribution in [2.75, 3.05) is 17.4 Å². The highest BCUT2D eigenvalue weighted by Gasteiger charge is 2.33. The van der Waals surface area contributed by atoms with Crippen molar-refractivity contribution < 1.29 is 18.0 Å². The molecule has 10 heteroatoms. The Labute approximate surface area is 240 Å². The quantitative estimate of drug-likeness (QED) is 0.308. The number of aryl methyl sites for hydroxylation is 2. The Balaban J connectivity index is 2.06. The van der Waals surface area contributed by atoms with Crippen molar-refractivity contribution in [1.29, 1.82) is 0 Å². The zero-order valence-corrected chi connectivity index (χ0v) is 24.8. The third-order valence-electron chi connectivity index (χ3n) is 6.28. The number of amides is 2. The molecule has 0 radical (unpaired) electrons. The minimum absolute atomic E-state index is 0.0526. The monoisotopic (exact) mass is 589 g/mol. The van der Waals surface area contributed by atoms with E-state index in [-0.39, 0.29) is 17.3 Å². The predicted molar refractivity (Wildman–Crippen MR) is 157 cm³/mol. The van der Waals surface area contributed by atoms with Gasteiger partial charge in [-0.15, -0.1) is 0 Å². The molecule has 3 aromatic carbocycles. The van der Waals surface area contributed by atoms with Crippen molar-refractivity contribution in [2.45, 2.75) is 51.6 Å². The van der Waals surface area contributed by atoms with Crippen molar-refractivity contribution in [3.63, 3.8) is 0 Å². The Morgan fingerprint density at radius 1 is 0.923 bits per heavy atom. The van der Waals surface area contributed by atoms with Crippen LogP contribution in [0, 0.1) is 13.8 Å². The average molecular weight is 591 g/mol. The molecule has 0 aromatic heterocycles. The van der Waals surface area contributed by atoms with Crippen LogP contribution in [0.15, 0.2) is 71.6 Å². The van der Waals surface area contributed by atoms with Gasteiger partial charge < -0.3 is 10.2 Å². The van der Waals surface area contributed by atoms with Crippen LogP contribution in [0.2, 0.25) is 10.0 Å². The lowest BCUT2D eigenvalue weighted by molar-refractivity contribution is -0.139. The van der Waals surface area contributed by atoms with Crippen LogP contribution in [-0.4, -0.2) is 44.3 Å². The van der Waals surface area contributed by atoms with E-state index in [2.05, 4.69) is 5.32 Å². The molecule has 39 heavy (non-hydrogen) atoms. The second kappa shape index (κ2) is 13.3. The van der Waals surface area contributed by atoms with E-state index in [9.17, 15) is 18.0 Å². The maximum absolute atomic E-state index is 13.9. The fraction of sp³-hybridized carbons (Fsp3) is 0.310. The van der Waals surface area contributed by atoms with Gasteiger partial charge in [-0.2, -0.15) is 0 Å². The molecule has 0 heterocycles. The van der Waals surface area contributed by atoms with Crippen molar-refractivity contribution in [3.8, 4) is 0 Å². The van der Waals surface area contributed by atoms with Gasteiger partial charge in [0.1, 0.15) is 12.6 Å². The fourth-order valence-electron chi connectivity index (χ4n) is 3.98. The molecule has 208 valence electrons. The summed E-state index contributed by atoms with van der Waals surface area (Å²) in [5.41, 5.74) is 2.54. The van der Waals surface area contributed by atoms with Crippen molar-refractivity contribution in [2.24, 2.45) is 0 Å². The summed E-state index contributed by atoms with van der Waals surface area (Å²) in [5, 5.41) is 3.48. The van der Waals surface area contributed by atoms with Gasteiger partial charge in [-0.1, -0.05) is 66.0 Å². The molecule has 2 amide bonds. The normalized spacial score (nSPS) is 12.1. The lowest BCUT2D eigenvalue weighted by Crippen LogP contribution is -2.51. The van der Waals surface area contributed by atoms with Gasteiger partial charge in [0, 0.05) is 28.7 Å². The molecule has 0 fully saturated rings. The van der Waals surface area contributed by atoms with Crippen LogP contribution in [0.5, 0.6) is 0 Å². The van der Waals surface area contributed by atoms with E-state index in [1.165, 1.54) is 17.0 Å². The molecule has 0 saturated heterocycles. The van der Waals surface area contributed by atoms with Crippen molar-refractivity contribution in [3.05, 3.63) is 93.5 Å². The Morgan fingerprint density at radius 2 is 1.54 bits per heavy atom. The van der Waals surface area contributed by atoms with Crippen LogP contribution in [0.3, 0.4) is 0 Å². The van der Waals surface area contributed by atoms with Crippen LogP contribution in [-0.2, 0) is 26.2 Å². The lowest BCUT2D eigenvalue weighted by Gasteiger charge is -2.32. The maximum Gasteiger partial charge on any atom is 0.264 e. The number of sulfonamides is 1. The highest BCUT2D eigenvalue weighted by Crippen LogP contribution is 2.28. The summed E-state index contributed by atoms with van der Waals surface area (Å²) in [4.78, 5) is 28.3. The molecule has 3 rings (SSSR count). The molecule has 0 aliphatic rings. The molecule has 0 spiro atoms. The molecule has 7 nitrogen and oxygen atoms in total. The van der Waals surface area contributed by atoms with Gasteiger partial charge in [0.2, 0.25) is 11.8 Å². The van der Waals surface area contributed by atoms with E-state index >= 15 is 0 Å². The maximum atomic E-state index is 13.9. The Kier molecular flexibility index (Phi) is 10.4. The van der Waals surface area contributed by atoms with Crippen LogP contribution in [0.4, 0.5) is 5.69 Å². The fourth-order valence-corrected chi connectivity index (χ4v) is 5.90. The minimum Gasteiger partial charge on any atom is -0.354 e. The van der Waals surface area contributed by atoms with Crippen molar-refractivity contribution in [1.82, 2.24) is 10.2 Å². The van der Waals surface area contributed by atoms with Crippen molar-refractivity contribution >= 4 is 50.7 Å². The number of benzene rings is 3. The van der Waals surface area contributed by atoms with Gasteiger partial charge >= 0.3 is 0 Å². The van der Waals surface area contributed by atoms with Gasteiger partial charge in [-0.05, 0) is 69.2 Å². The first kappa shape index (κ1) is 30.5. The first-order valence-electron chi connectivity index (χ1n) is 12.6. The molecule has 0 aliphatic carbocycles. The highest BCUT2D eigenvalue weighted by molar-refractivity contribution is 7.92. The zero-order chi connectivity index (χ0) is 28.7. The van der Waals surface area contributed by atoms with E-state index < -0.39 is 28.5 Å². The number of hydrogen-bond donors (Lipinski definition) is 1. The number of hydrogen-bond acceptors (Lipinski definition) is 4. The van der Waals surface area contributed by atoms with Crippen LogP contribution in [0.25, 0.3) is 0 Å². The summed E-state index contributed by atoms with van der Waals surface area (Å²) >= 11 is 12.8. The molecule has 0 aliphatic heterocycles. The van der Waals surface area contributed by atoms with E-state index in [4.69, 9.17) is 23.2 Å². The number of halogens is 2. The standard InChI is InChI=1S/C29H33Cl2N3O4S/c1-5-16-32-29(36)22(4)33(18-25-26(30)10-7-11-27(25)31)28(35)19-34(23-9-6-8-21(3)17-23)39(37,38)24-14-12-20(2)13-15-24/h6-15,17,22H,5,16,18-19H2,1-4H3,(H,32,36)/t22-/m1/s1. The Hall–Kier alpha value is -3.07.